The molecule has 0 saturated heterocycles. The number of halogens is 2. The van der Waals surface area contributed by atoms with Crippen molar-refractivity contribution in [2.45, 2.75) is 26.2 Å². The smallest absolute Gasteiger partial charge is 0.159 e. The predicted molar refractivity (Wildman–Crippen MR) is 54.2 cm³/mol. The standard InChI is InChI=1S/C12H14F2/c1-3-4-5-9(2)10-6-7-11(13)12(14)8-10/h3-4,6-9H,5H2,1-2H3/b4-3-. The van der Waals surface area contributed by atoms with Crippen LogP contribution in [0.2, 0.25) is 0 Å². The molecule has 0 bridgehead atoms. The first-order valence-corrected chi connectivity index (χ1v) is 4.71. The molecule has 1 aromatic carbocycles. The summed E-state index contributed by atoms with van der Waals surface area (Å²) in [6, 6.07) is 4.08. The molecule has 1 aromatic rings. The van der Waals surface area contributed by atoms with Gasteiger partial charge in [0.15, 0.2) is 11.6 Å². The molecule has 0 heterocycles. The van der Waals surface area contributed by atoms with Crippen LogP contribution < -0.4 is 0 Å². The molecule has 76 valence electrons. The maximum absolute atomic E-state index is 12.9. The third kappa shape index (κ3) is 2.66. The second kappa shape index (κ2) is 4.89. The van der Waals surface area contributed by atoms with E-state index >= 15 is 0 Å². The van der Waals surface area contributed by atoms with Gasteiger partial charge in [0.05, 0.1) is 0 Å². The van der Waals surface area contributed by atoms with Crippen molar-refractivity contribution < 1.29 is 8.78 Å². The highest BCUT2D eigenvalue weighted by molar-refractivity contribution is 5.21. The monoisotopic (exact) mass is 196 g/mol. The molecule has 0 aromatic heterocycles. The fraction of sp³-hybridized carbons (Fsp3) is 0.333. The van der Waals surface area contributed by atoms with Gasteiger partial charge < -0.3 is 0 Å². The Balaban J connectivity index is 2.80. The molecule has 0 aliphatic rings. The lowest BCUT2D eigenvalue weighted by Crippen LogP contribution is -1.94. The van der Waals surface area contributed by atoms with Crippen LogP contribution in [0.3, 0.4) is 0 Å². The van der Waals surface area contributed by atoms with Crippen LogP contribution in [0.15, 0.2) is 30.4 Å². The molecule has 0 spiro atoms. The fourth-order valence-electron chi connectivity index (χ4n) is 1.30. The second-order valence-electron chi connectivity index (χ2n) is 3.38. The first kappa shape index (κ1) is 10.9. The third-order valence-electron chi connectivity index (χ3n) is 2.24. The average molecular weight is 196 g/mol. The van der Waals surface area contributed by atoms with E-state index in [-0.39, 0.29) is 5.92 Å². The zero-order chi connectivity index (χ0) is 10.6. The number of benzene rings is 1. The summed E-state index contributed by atoms with van der Waals surface area (Å²) in [6.45, 7) is 3.94. The van der Waals surface area contributed by atoms with E-state index in [1.165, 1.54) is 12.1 Å². The van der Waals surface area contributed by atoms with E-state index < -0.39 is 11.6 Å². The Morgan fingerprint density at radius 1 is 1.29 bits per heavy atom. The molecule has 1 unspecified atom stereocenters. The van der Waals surface area contributed by atoms with Crippen molar-refractivity contribution in [2.24, 2.45) is 0 Å². The molecule has 14 heavy (non-hydrogen) atoms. The largest absolute Gasteiger partial charge is 0.204 e. The van der Waals surface area contributed by atoms with E-state index in [0.29, 0.717) is 0 Å². The third-order valence-corrected chi connectivity index (χ3v) is 2.24. The second-order valence-corrected chi connectivity index (χ2v) is 3.38. The summed E-state index contributed by atoms with van der Waals surface area (Å²) in [6.07, 6.45) is 4.82. The van der Waals surface area contributed by atoms with Crippen LogP contribution in [-0.4, -0.2) is 0 Å². The molecule has 0 radical (unpaired) electrons. The SMILES string of the molecule is C/C=C\CC(C)c1ccc(F)c(F)c1. The van der Waals surface area contributed by atoms with Crippen molar-refractivity contribution in [3.05, 3.63) is 47.5 Å². The highest BCUT2D eigenvalue weighted by atomic mass is 19.2. The minimum atomic E-state index is -0.785. The Morgan fingerprint density at radius 2 is 2.00 bits per heavy atom. The lowest BCUT2D eigenvalue weighted by molar-refractivity contribution is 0.505. The van der Waals surface area contributed by atoms with E-state index in [1.54, 1.807) is 6.07 Å². The molecule has 0 saturated carbocycles. The zero-order valence-electron chi connectivity index (χ0n) is 8.43. The van der Waals surface area contributed by atoms with E-state index in [0.717, 1.165) is 12.0 Å². The number of rotatable bonds is 3. The van der Waals surface area contributed by atoms with Crippen molar-refractivity contribution >= 4 is 0 Å². The summed E-state index contributed by atoms with van der Waals surface area (Å²) in [7, 11) is 0. The molecular formula is C12H14F2. The zero-order valence-corrected chi connectivity index (χ0v) is 8.43. The maximum Gasteiger partial charge on any atom is 0.159 e. The molecular weight excluding hydrogens is 182 g/mol. The Kier molecular flexibility index (Phi) is 3.81. The van der Waals surface area contributed by atoms with Gasteiger partial charge in [0.1, 0.15) is 0 Å². The van der Waals surface area contributed by atoms with Crippen LogP contribution in [-0.2, 0) is 0 Å². The van der Waals surface area contributed by atoms with Gasteiger partial charge >= 0.3 is 0 Å². The minimum Gasteiger partial charge on any atom is -0.204 e. The highest BCUT2D eigenvalue weighted by Crippen LogP contribution is 2.21. The number of hydrogen-bond acceptors (Lipinski definition) is 0. The average Bonchev–Trinajstić information content (AvgIpc) is 2.18. The summed E-state index contributed by atoms with van der Waals surface area (Å²) < 4.78 is 25.5. The summed E-state index contributed by atoms with van der Waals surface area (Å²) in [4.78, 5) is 0. The molecule has 1 atom stereocenters. The summed E-state index contributed by atoms with van der Waals surface area (Å²) in [5, 5.41) is 0. The molecule has 2 heteroatoms. The lowest BCUT2D eigenvalue weighted by Gasteiger charge is -2.09. The van der Waals surface area contributed by atoms with Gasteiger partial charge in [0.2, 0.25) is 0 Å². The van der Waals surface area contributed by atoms with Gasteiger partial charge in [0.25, 0.3) is 0 Å². The van der Waals surface area contributed by atoms with E-state index in [1.807, 2.05) is 26.0 Å². The van der Waals surface area contributed by atoms with Crippen LogP contribution in [0.4, 0.5) is 8.78 Å². The normalized spacial score (nSPS) is 13.4. The first-order chi connectivity index (χ1) is 6.65. The van der Waals surface area contributed by atoms with Crippen LogP contribution in [0.5, 0.6) is 0 Å². The van der Waals surface area contributed by atoms with Gasteiger partial charge in [-0.25, -0.2) is 8.78 Å². The van der Waals surface area contributed by atoms with Crippen LogP contribution in [0, 0.1) is 11.6 Å². The maximum atomic E-state index is 12.9. The Labute approximate surface area is 83.3 Å². The summed E-state index contributed by atoms with van der Waals surface area (Å²) >= 11 is 0. The molecule has 0 amide bonds. The van der Waals surface area contributed by atoms with Crippen molar-refractivity contribution in [1.82, 2.24) is 0 Å². The van der Waals surface area contributed by atoms with Crippen molar-refractivity contribution in [3.8, 4) is 0 Å². The van der Waals surface area contributed by atoms with Crippen molar-refractivity contribution in [2.75, 3.05) is 0 Å². The van der Waals surface area contributed by atoms with Crippen LogP contribution in [0.25, 0.3) is 0 Å². The van der Waals surface area contributed by atoms with Gasteiger partial charge in [-0.05, 0) is 37.0 Å². The van der Waals surface area contributed by atoms with Gasteiger partial charge in [-0.2, -0.15) is 0 Å². The lowest BCUT2D eigenvalue weighted by atomic mass is 9.97. The first-order valence-electron chi connectivity index (χ1n) is 4.71. The minimum absolute atomic E-state index is 0.223. The van der Waals surface area contributed by atoms with Crippen molar-refractivity contribution in [3.63, 3.8) is 0 Å². The topological polar surface area (TPSA) is 0 Å². The Bertz CT molecular complexity index is 329. The van der Waals surface area contributed by atoms with Gasteiger partial charge in [-0.3, -0.25) is 0 Å². The fourth-order valence-corrected chi connectivity index (χ4v) is 1.30. The quantitative estimate of drug-likeness (QED) is 0.640. The molecule has 0 aliphatic heterocycles. The predicted octanol–water partition coefficient (Wildman–Crippen LogP) is 4.03. The highest BCUT2D eigenvalue weighted by Gasteiger charge is 2.07. The summed E-state index contributed by atoms with van der Waals surface area (Å²) in [5.74, 6) is -1.33. The van der Waals surface area contributed by atoms with Crippen LogP contribution in [0.1, 0.15) is 31.7 Å². The summed E-state index contributed by atoms with van der Waals surface area (Å²) in [5.41, 5.74) is 0.835. The molecule has 1 rings (SSSR count). The number of allylic oxidation sites excluding steroid dienone is 2. The molecule has 0 N–H and O–H groups in total. The molecule has 0 nitrogen and oxygen atoms in total. The Morgan fingerprint density at radius 3 is 2.57 bits per heavy atom. The van der Waals surface area contributed by atoms with E-state index in [9.17, 15) is 8.78 Å². The van der Waals surface area contributed by atoms with E-state index in [4.69, 9.17) is 0 Å². The molecule has 0 fully saturated rings. The molecule has 0 aliphatic carbocycles. The van der Waals surface area contributed by atoms with Gasteiger partial charge in [0, 0.05) is 0 Å². The van der Waals surface area contributed by atoms with Gasteiger partial charge in [-0.1, -0.05) is 25.1 Å². The van der Waals surface area contributed by atoms with Gasteiger partial charge in [-0.15, -0.1) is 0 Å². The van der Waals surface area contributed by atoms with Crippen molar-refractivity contribution in [1.29, 1.82) is 0 Å². The Hall–Kier alpha value is -1.18. The number of hydrogen-bond donors (Lipinski definition) is 0. The van der Waals surface area contributed by atoms with Crippen LogP contribution >= 0.6 is 0 Å². The van der Waals surface area contributed by atoms with E-state index in [2.05, 4.69) is 0 Å².